The van der Waals surface area contributed by atoms with E-state index in [9.17, 15) is 14.4 Å². The topological polar surface area (TPSA) is 72.4 Å². The molecule has 0 saturated heterocycles. The molecule has 0 spiro atoms. The first-order valence-electron chi connectivity index (χ1n) is 6.21. The van der Waals surface area contributed by atoms with Crippen LogP contribution in [0.1, 0.15) is 46.6 Å². The Bertz CT molecular complexity index is 471. The molecule has 108 valence electrons. The van der Waals surface area contributed by atoms with Crippen molar-refractivity contribution in [3.05, 3.63) is 29.8 Å². The van der Waals surface area contributed by atoms with Crippen LogP contribution in [0.25, 0.3) is 0 Å². The summed E-state index contributed by atoms with van der Waals surface area (Å²) in [6.07, 6.45) is 0.988. The van der Waals surface area contributed by atoms with Crippen molar-refractivity contribution < 1.29 is 18.9 Å². The summed E-state index contributed by atoms with van der Waals surface area (Å²) in [4.78, 5) is 21.0. The molecule has 0 heterocycles. The van der Waals surface area contributed by atoms with Crippen LogP contribution in [0.15, 0.2) is 24.3 Å². The third-order valence-electron chi connectivity index (χ3n) is 2.83. The molecule has 0 aliphatic rings. The molecule has 1 rings (SSSR count). The van der Waals surface area contributed by atoms with Crippen molar-refractivity contribution in [2.75, 3.05) is 0 Å². The first-order chi connectivity index (χ1) is 8.39. The van der Waals surface area contributed by atoms with E-state index in [1.807, 2.05) is 0 Å². The largest absolute Gasteiger partial charge is 2.00 e. The third kappa shape index (κ3) is 7.44. The van der Waals surface area contributed by atoms with Gasteiger partial charge in [-0.25, -0.2) is 0 Å². The Kier molecular flexibility index (Phi) is 7.28. The number of benzene rings is 1. The predicted octanol–water partition coefficient (Wildman–Crippen LogP) is 2.23. The van der Waals surface area contributed by atoms with Crippen molar-refractivity contribution in [2.24, 2.45) is 5.41 Å². The van der Waals surface area contributed by atoms with E-state index in [4.69, 9.17) is 0 Å². The molecule has 0 radical (unpaired) electrons. The van der Waals surface area contributed by atoms with Crippen molar-refractivity contribution in [1.29, 1.82) is 0 Å². The second-order valence-corrected chi connectivity index (χ2v) is 7.76. The third-order valence-corrected chi connectivity index (χ3v) is 3.26. The smallest absolute Gasteiger partial charge is 0.780 e. The Morgan fingerprint density at radius 3 is 1.85 bits per heavy atom. The van der Waals surface area contributed by atoms with E-state index in [0.717, 1.165) is 12.0 Å². The van der Waals surface area contributed by atoms with Gasteiger partial charge in [0, 0.05) is 0 Å². The molecule has 1 aromatic carbocycles. The molecular weight excluding hydrogens is 303 g/mol. The van der Waals surface area contributed by atoms with Crippen molar-refractivity contribution in [3.63, 3.8) is 0 Å². The van der Waals surface area contributed by atoms with Gasteiger partial charge in [-0.2, -0.15) is 0 Å². The first-order valence-corrected chi connectivity index (χ1v) is 7.67. The summed E-state index contributed by atoms with van der Waals surface area (Å²) >= 11 is 0. The van der Waals surface area contributed by atoms with Crippen LogP contribution in [0.3, 0.4) is 0 Å². The summed E-state index contributed by atoms with van der Waals surface area (Å²) in [6, 6.07) is 6.64. The predicted molar refractivity (Wildman–Crippen MR) is 77.5 cm³/mol. The van der Waals surface area contributed by atoms with Gasteiger partial charge in [-0.15, -0.1) is 0 Å². The molecule has 0 aromatic heterocycles. The quantitative estimate of drug-likeness (QED) is 0.629. The molecular formula is C14H21CaO4P. The summed E-state index contributed by atoms with van der Waals surface area (Å²) in [5.41, 5.74) is 1.25. The Morgan fingerprint density at radius 2 is 1.50 bits per heavy atom. The maximum Gasteiger partial charge on any atom is 2.00 e. The molecule has 6 heteroatoms. The Morgan fingerprint density at radius 1 is 1.05 bits per heavy atom. The SMILES string of the molecule is CC(C)(C)CC(C)(C)c1ccc(OP(=O)([O-])[O-])cc1.[Ca+2]. The van der Waals surface area contributed by atoms with Crippen LogP contribution in [0, 0.1) is 5.41 Å². The van der Waals surface area contributed by atoms with E-state index in [1.165, 1.54) is 12.1 Å². The van der Waals surface area contributed by atoms with Crippen LogP contribution in [-0.4, -0.2) is 37.7 Å². The number of phosphoric ester groups is 1. The van der Waals surface area contributed by atoms with Crippen molar-refractivity contribution >= 4 is 45.6 Å². The molecule has 20 heavy (non-hydrogen) atoms. The minimum Gasteiger partial charge on any atom is -0.780 e. The summed E-state index contributed by atoms with van der Waals surface area (Å²) in [5.74, 6) is 0.0589. The first kappa shape index (κ1) is 20.4. The number of hydrogen-bond acceptors (Lipinski definition) is 4. The average Bonchev–Trinajstić information content (AvgIpc) is 2.11. The van der Waals surface area contributed by atoms with Crippen LogP contribution in [0.4, 0.5) is 0 Å². The van der Waals surface area contributed by atoms with Crippen LogP contribution in [-0.2, 0) is 9.98 Å². The van der Waals surface area contributed by atoms with Crippen LogP contribution < -0.4 is 14.3 Å². The van der Waals surface area contributed by atoms with E-state index in [-0.39, 0.29) is 54.3 Å². The second-order valence-electron chi connectivity index (χ2n) is 6.68. The summed E-state index contributed by atoms with van der Waals surface area (Å²) in [7, 11) is -4.98. The fraction of sp³-hybridized carbons (Fsp3) is 0.571. The number of hydrogen-bond donors (Lipinski definition) is 0. The molecule has 0 unspecified atom stereocenters. The normalized spacial score (nSPS) is 12.8. The summed E-state index contributed by atoms with van der Waals surface area (Å²) in [5, 5.41) is 0. The standard InChI is InChI=1S/C14H23O4P.Ca/c1-13(2,3)10-14(4,5)11-6-8-12(9-7-11)18-19(15,16)17;/h6-9H,10H2,1-5H3,(H2,15,16,17);/q;+2/p-2. The molecule has 0 atom stereocenters. The van der Waals surface area contributed by atoms with Gasteiger partial charge in [-0.3, -0.25) is 0 Å². The zero-order valence-electron chi connectivity index (χ0n) is 12.8. The van der Waals surface area contributed by atoms with Gasteiger partial charge in [0.25, 0.3) is 0 Å². The fourth-order valence-electron chi connectivity index (χ4n) is 2.52. The van der Waals surface area contributed by atoms with E-state index >= 15 is 0 Å². The van der Waals surface area contributed by atoms with Gasteiger partial charge in [-0.1, -0.05) is 46.8 Å². The molecule has 0 bridgehead atoms. The maximum absolute atomic E-state index is 10.5. The molecule has 0 saturated carbocycles. The molecule has 0 aliphatic carbocycles. The Labute approximate surface area is 151 Å². The number of phosphoric acid groups is 1. The maximum atomic E-state index is 10.5. The van der Waals surface area contributed by atoms with Crippen LogP contribution in [0.5, 0.6) is 5.75 Å². The molecule has 1 aromatic rings. The van der Waals surface area contributed by atoms with E-state index < -0.39 is 7.82 Å². The van der Waals surface area contributed by atoms with Gasteiger partial charge in [0.2, 0.25) is 0 Å². The van der Waals surface area contributed by atoms with E-state index in [0.29, 0.717) is 0 Å². The zero-order chi connectivity index (χ0) is 14.9. The average molecular weight is 324 g/mol. The van der Waals surface area contributed by atoms with Crippen molar-refractivity contribution in [2.45, 2.75) is 46.5 Å². The fourth-order valence-corrected chi connectivity index (χ4v) is 2.90. The second kappa shape index (κ2) is 7.13. The monoisotopic (exact) mass is 324 g/mol. The molecule has 0 amide bonds. The molecule has 0 fully saturated rings. The Balaban J connectivity index is 0.00000361. The van der Waals surface area contributed by atoms with Gasteiger partial charge in [0.1, 0.15) is 13.6 Å². The van der Waals surface area contributed by atoms with Crippen LogP contribution in [0.2, 0.25) is 0 Å². The van der Waals surface area contributed by atoms with Gasteiger partial charge in [-0.05, 0) is 34.9 Å². The van der Waals surface area contributed by atoms with Crippen LogP contribution >= 0.6 is 7.82 Å². The minimum atomic E-state index is -4.98. The van der Waals surface area contributed by atoms with E-state index in [1.54, 1.807) is 12.1 Å². The molecule has 4 nitrogen and oxygen atoms in total. The van der Waals surface area contributed by atoms with Gasteiger partial charge in [0.15, 0.2) is 0 Å². The number of rotatable bonds is 4. The summed E-state index contributed by atoms with van der Waals surface area (Å²) < 4.78 is 14.8. The van der Waals surface area contributed by atoms with Gasteiger partial charge >= 0.3 is 37.7 Å². The van der Waals surface area contributed by atoms with Gasteiger partial charge < -0.3 is 18.9 Å². The van der Waals surface area contributed by atoms with Crippen molar-refractivity contribution in [3.8, 4) is 5.75 Å². The van der Waals surface area contributed by atoms with E-state index in [2.05, 4.69) is 39.1 Å². The zero-order valence-corrected chi connectivity index (χ0v) is 15.9. The summed E-state index contributed by atoms with van der Waals surface area (Å²) in [6.45, 7) is 10.8. The molecule has 0 N–H and O–H groups in total. The minimum absolute atomic E-state index is 0. The Hall–Kier alpha value is 0.430. The van der Waals surface area contributed by atoms with Crippen molar-refractivity contribution in [1.82, 2.24) is 0 Å². The molecule has 0 aliphatic heterocycles. The van der Waals surface area contributed by atoms with Gasteiger partial charge in [0.05, 0.1) is 0 Å².